The third-order valence-corrected chi connectivity index (χ3v) is 0. The topological polar surface area (TPSA) is 57.5 Å². The molecule has 35 valence electrons. The molecular weight excluding hydrogens is 239 g/mol. The largest absolute Gasteiger partial charge is 2.00 e. The summed E-state index contributed by atoms with van der Waals surface area (Å²) in [6.45, 7) is 0. The molecule has 1 radical (unpaired) electrons. The third kappa shape index (κ3) is 43.6. The number of hydrogen-bond acceptors (Lipinski definition) is 1. The molecule has 0 aliphatic rings. The molecule has 0 fully saturated rings. The maximum Gasteiger partial charge on any atom is 2.00 e. The molecule has 0 saturated heterocycles. The van der Waals surface area contributed by atoms with Crippen LogP contribution in [-0.2, 0) is 20.2 Å². The summed E-state index contributed by atoms with van der Waals surface area (Å²) in [7, 11) is 0. The molecule has 5 heteroatoms. The summed E-state index contributed by atoms with van der Waals surface area (Å²) in [5.74, 6) is 0. The van der Waals surface area contributed by atoms with E-state index in [-0.39, 0.29) is 17.1 Å². The molecule has 0 aromatic carbocycles. The minimum absolute atomic E-state index is 0. The Morgan fingerprint density at radius 2 is 1.40 bits per heavy atom. The summed E-state index contributed by atoms with van der Waals surface area (Å²) in [4.78, 5) is 0. The van der Waals surface area contributed by atoms with Gasteiger partial charge in [0.2, 0.25) is 0 Å². The maximum absolute atomic E-state index is 8.81. The van der Waals surface area contributed by atoms with E-state index >= 15 is 0 Å². The van der Waals surface area contributed by atoms with Crippen molar-refractivity contribution in [3.63, 3.8) is 0 Å². The van der Waals surface area contributed by atoms with Gasteiger partial charge in [0.25, 0.3) is 0 Å². The third-order valence-electron chi connectivity index (χ3n) is 0. The first-order valence-corrected chi connectivity index (χ1v) is 3.57. The molecule has 0 heterocycles. The molecule has 0 saturated carbocycles. The Labute approximate surface area is 47.6 Å². The van der Waals surface area contributed by atoms with Crippen LogP contribution in [0.4, 0.5) is 0 Å². The van der Waals surface area contributed by atoms with Crippen molar-refractivity contribution < 1.29 is 27.1 Å². The van der Waals surface area contributed by atoms with Crippen LogP contribution < -0.4 is 0 Å². The minimum Gasteiger partial charge on any atom is 2.00 e. The monoisotopic (exact) mass is 243 g/mol. The van der Waals surface area contributed by atoms with Gasteiger partial charge < -0.3 is 0 Å². The summed E-state index contributed by atoms with van der Waals surface area (Å²) in [5, 5.41) is 0. The van der Waals surface area contributed by atoms with Crippen molar-refractivity contribution in [2.24, 2.45) is 0 Å². The SMILES string of the molecule is O=[Te](O)O.[Cu+2]. The zero-order valence-corrected chi connectivity index (χ0v) is 5.28. The first-order valence-electron chi connectivity index (χ1n) is 0.532. The molecule has 0 aromatic rings. The predicted octanol–water partition coefficient (Wildman–Crippen LogP) is -1.62. The Morgan fingerprint density at radius 1 is 1.40 bits per heavy atom. The molecule has 2 N–H and O–H groups in total. The van der Waals surface area contributed by atoms with Crippen molar-refractivity contribution in [2.75, 3.05) is 0 Å². The zero-order valence-electron chi connectivity index (χ0n) is 2.01. The molecule has 0 amide bonds. The van der Waals surface area contributed by atoms with E-state index in [2.05, 4.69) is 0 Å². The van der Waals surface area contributed by atoms with E-state index in [0.717, 1.165) is 0 Å². The Kier molecular flexibility index (Phi) is 9.45. The van der Waals surface area contributed by atoms with E-state index < -0.39 is 20.4 Å². The van der Waals surface area contributed by atoms with E-state index in [4.69, 9.17) is 10.0 Å². The van der Waals surface area contributed by atoms with Crippen LogP contribution in [-0.4, -0.2) is 27.3 Å². The van der Waals surface area contributed by atoms with Gasteiger partial charge in [-0.25, -0.2) is 0 Å². The summed E-state index contributed by atoms with van der Waals surface area (Å²) in [5.41, 5.74) is 0. The van der Waals surface area contributed by atoms with Gasteiger partial charge in [0.15, 0.2) is 0 Å². The fourth-order valence-corrected chi connectivity index (χ4v) is 0. The Balaban J connectivity index is 0. The molecule has 3 nitrogen and oxygen atoms in total. The molecule has 0 spiro atoms. The van der Waals surface area contributed by atoms with E-state index in [1.807, 2.05) is 0 Å². The Hall–Kier alpha value is 1.03. The van der Waals surface area contributed by atoms with Crippen molar-refractivity contribution in [2.45, 2.75) is 0 Å². The number of rotatable bonds is 0. The minimum atomic E-state index is -3.61. The first-order chi connectivity index (χ1) is 1.73. The van der Waals surface area contributed by atoms with Gasteiger partial charge in [-0.15, -0.1) is 0 Å². The van der Waals surface area contributed by atoms with Crippen LogP contribution in [0.15, 0.2) is 0 Å². The Bertz CT molecular complexity index is 29.9. The fraction of sp³-hybridized carbons (Fsp3) is 0. The van der Waals surface area contributed by atoms with Gasteiger partial charge in [-0.2, -0.15) is 0 Å². The Morgan fingerprint density at radius 3 is 1.40 bits per heavy atom. The smallest absolute Gasteiger partial charge is 2.00 e. The standard InChI is InChI=1S/Cu.H2O3Te/c;1-4(2)3/h;(H2,1,2,3)/q+2;. The van der Waals surface area contributed by atoms with Crippen molar-refractivity contribution >= 4 is 20.4 Å². The van der Waals surface area contributed by atoms with Gasteiger partial charge >= 0.3 is 47.5 Å². The average molecular weight is 241 g/mol. The molecule has 0 aliphatic carbocycles. The molecule has 0 unspecified atom stereocenters. The summed E-state index contributed by atoms with van der Waals surface area (Å²) >= 11 is -3.61. The van der Waals surface area contributed by atoms with Gasteiger partial charge in [0, 0.05) is 0 Å². The van der Waals surface area contributed by atoms with Crippen LogP contribution in [0.5, 0.6) is 0 Å². The van der Waals surface area contributed by atoms with Crippen molar-refractivity contribution in [3.8, 4) is 0 Å². The zero-order chi connectivity index (χ0) is 3.58. The van der Waals surface area contributed by atoms with Gasteiger partial charge in [0.05, 0.1) is 0 Å². The molecule has 0 rings (SSSR count). The van der Waals surface area contributed by atoms with Crippen LogP contribution in [0, 0.1) is 0 Å². The molecule has 0 bridgehead atoms. The molecule has 5 heavy (non-hydrogen) atoms. The van der Waals surface area contributed by atoms with E-state index in [1.54, 1.807) is 0 Å². The summed E-state index contributed by atoms with van der Waals surface area (Å²) < 4.78 is 23.3. The molecular formula is H2CuO3Te+2. The molecule has 0 atom stereocenters. The quantitative estimate of drug-likeness (QED) is 0.501. The second-order valence-corrected chi connectivity index (χ2v) is 1.55. The molecule has 0 aliphatic heterocycles. The van der Waals surface area contributed by atoms with Crippen LogP contribution >= 0.6 is 0 Å². The van der Waals surface area contributed by atoms with Crippen LogP contribution in [0.3, 0.4) is 0 Å². The van der Waals surface area contributed by atoms with Crippen LogP contribution in [0.1, 0.15) is 0 Å². The van der Waals surface area contributed by atoms with Gasteiger partial charge in [-0.05, 0) is 0 Å². The van der Waals surface area contributed by atoms with Gasteiger partial charge in [-0.1, -0.05) is 0 Å². The second kappa shape index (κ2) is 5.03. The fourth-order valence-electron chi connectivity index (χ4n) is 0. The number of hydrogen-bond donors (Lipinski definition) is 2. The van der Waals surface area contributed by atoms with E-state index in [9.17, 15) is 0 Å². The summed E-state index contributed by atoms with van der Waals surface area (Å²) in [6, 6.07) is 0. The maximum atomic E-state index is 8.81. The molecule has 0 aromatic heterocycles. The normalized spacial score (nSPS) is 7.00. The van der Waals surface area contributed by atoms with Gasteiger partial charge in [-0.3, -0.25) is 0 Å². The van der Waals surface area contributed by atoms with Crippen molar-refractivity contribution in [3.05, 3.63) is 0 Å². The average Bonchev–Trinajstić information content (AvgIpc) is 0.811. The van der Waals surface area contributed by atoms with Crippen molar-refractivity contribution in [1.82, 2.24) is 0 Å². The van der Waals surface area contributed by atoms with E-state index in [0.29, 0.717) is 0 Å². The van der Waals surface area contributed by atoms with Gasteiger partial charge in [0.1, 0.15) is 0 Å². The predicted molar refractivity (Wildman–Crippen MR) is 10.9 cm³/mol. The summed E-state index contributed by atoms with van der Waals surface area (Å²) in [6.07, 6.45) is 0. The first kappa shape index (κ1) is 9.39. The van der Waals surface area contributed by atoms with Crippen molar-refractivity contribution in [1.29, 1.82) is 0 Å². The van der Waals surface area contributed by atoms with Crippen LogP contribution in [0.2, 0.25) is 0 Å². The van der Waals surface area contributed by atoms with Crippen LogP contribution in [0.25, 0.3) is 0 Å². The second-order valence-electron chi connectivity index (χ2n) is 0.231. The van der Waals surface area contributed by atoms with E-state index in [1.165, 1.54) is 0 Å².